The zero-order valence-corrected chi connectivity index (χ0v) is 12.9. The van der Waals surface area contributed by atoms with Gasteiger partial charge in [-0.1, -0.05) is 6.42 Å². The van der Waals surface area contributed by atoms with Gasteiger partial charge in [0.2, 0.25) is 0 Å². The summed E-state index contributed by atoms with van der Waals surface area (Å²) in [5, 5.41) is 0. The van der Waals surface area contributed by atoms with Gasteiger partial charge in [0.15, 0.2) is 0 Å². The van der Waals surface area contributed by atoms with Gasteiger partial charge in [-0.25, -0.2) is 0 Å². The number of hydrogen-bond acceptors (Lipinski definition) is 2. The van der Waals surface area contributed by atoms with E-state index in [0.717, 1.165) is 23.8 Å². The normalized spacial score (nSPS) is 52.2. The minimum Gasteiger partial charge on any atom is -0.298 e. The molecule has 0 radical (unpaired) electrons. The van der Waals surface area contributed by atoms with Gasteiger partial charge >= 0.3 is 0 Å². The molecule has 4 saturated carbocycles. The summed E-state index contributed by atoms with van der Waals surface area (Å²) in [5.41, 5.74) is 0.665. The fraction of sp³-hybridized carbons (Fsp3) is 1.00. The molecule has 1 atom stereocenters. The van der Waals surface area contributed by atoms with E-state index in [0.29, 0.717) is 5.54 Å². The maximum atomic E-state index is 3.00. The first kappa shape index (κ1) is 12.5. The zero-order chi connectivity index (χ0) is 13.2. The predicted octanol–water partition coefficient (Wildman–Crippen LogP) is 3.13. The second kappa shape index (κ2) is 4.46. The highest BCUT2D eigenvalue weighted by Crippen LogP contribution is 2.58. The van der Waals surface area contributed by atoms with Crippen LogP contribution in [0.15, 0.2) is 0 Å². The average Bonchev–Trinajstić information content (AvgIpc) is 2.45. The molecule has 2 nitrogen and oxygen atoms in total. The summed E-state index contributed by atoms with van der Waals surface area (Å²) in [5.74, 6) is 3.31. The molecule has 2 aliphatic heterocycles. The van der Waals surface area contributed by atoms with Crippen molar-refractivity contribution < 1.29 is 0 Å². The van der Waals surface area contributed by atoms with Crippen molar-refractivity contribution >= 4 is 0 Å². The zero-order valence-electron chi connectivity index (χ0n) is 12.9. The number of piperazine rings is 1. The van der Waals surface area contributed by atoms with E-state index < -0.39 is 0 Å². The molecule has 112 valence electrons. The van der Waals surface area contributed by atoms with Crippen molar-refractivity contribution in [1.82, 2.24) is 9.80 Å². The van der Waals surface area contributed by atoms with Crippen LogP contribution in [0.3, 0.4) is 0 Å². The molecular formula is C18H30N2. The largest absolute Gasteiger partial charge is 0.298 e. The Kier molecular flexibility index (Phi) is 2.78. The summed E-state index contributed by atoms with van der Waals surface area (Å²) in [7, 11) is 0. The fourth-order valence-electron chi connectivity index (χ4n) is 7.04. The Hall–Kier alpha value is -0.0800. The van der Waals surface area contributed by atoms with Crippen LogP contribution in [0.2, 0.25) is 0 Å². The predicted molar refractivity (Wildman–Crippen MR) is 81.7 cm³/mol. The van der Waals surface area contributed by atoms with Crippen LogP contribution in [0.4, 0.5) is 0 Å². The summed E-state index contributed by atoms with van der Waals surface area (Å²) in [6, 6.07) is 0.908. The van der Waals surface area contributed by atoms with Crippen LogP contribution < -0.4 is 0 Å². The van der Waals surface area contributed by atoms with E-state index in [9.17, 15) is 0 Å². The Labute approximate surface area is 123 Å². The Morgan fingerprint density at radius 2 is 1.45 bits per heavy atom. The second-order valence-electron chi connectivity index (χ2n) is 8.77. The number of rotatable bonds is 1. The minimum absolute atomic E-state index is 0.665. The fourth-order valence-corrected chi connectivity index (χ4v) is 7.04. The van der Waals surface area contributed by atoms with E-state index in [2.05, 4.69) is 9.80 Å². The lowest BCUT2D eigenvalue weighted by molar-refractivity contribution is -0.113. The third kappa shape index (κ3) is 1.83. The summed E-state index contributed by atoms with van der Waals surface area (Å²) in [6.07, 6.45) is 13.9. The SMILES string of the molecule is C1CCN2CCN(C34CC5CC(CC(C5)C3)C4)CC2C1. The van der Waals surface area contributed by atoms with E-state index in [1.165, 1.54) is 45.4 Å². The van der Waals surface area contributed by atoms with Gasteiger partial charge in [0.1, 0.15) is 0 Å². The van der Waals surface area contributed by atoms with Crippen molar-refractivity contribution in [2.24, 2.45) is 17.8 Å². The van der Waals surface area contributed by atoms with Crippen LogP contribution in [0, 0.1) is 17.8 Å². The number of fused-ring (bicyclic) bond motifs is 1. The summed E-state index contributed by atoms with van der Waals surface area (Å²) < 4.78 is 0. The molecule has 0 aromatic rings. The summed E-state index contributed by atoms with van der Waals surface area (Å²) in [6.45, 7) is 5.54. The van der Waals surface area contributed by atoms with Gasteiger partial charge in [-0.2, -0.15) is 0 Å². The van der Waals surface area contributed by atoms with Crippen LogP contribution in [-0.4, -0.2) is 47.6 Å². The highest BCUT2D eigenvalue weighted by Gasteiger charge is 2.54. The van der Waals surface area contributed by atoms with Crippen LogP contribution in [0.25, 0.3) is 0 Å². The molecular weight excluding hydrogens is 244 g/mol. The summed E-state index contributed by atoms with van der Waals surface area (Å²) in [4.78, 5) is 5.81. The second-order valence-corrected chi connectivity index (χ2v) is 8.77. The first-order valence-corrected chi connectivity index (χ1v) is 9.30. The van der Waals surface area contributed by atoms with Gasteiger partial charge in [-0.15, -0.1) is 0 Å². The van der Waals surface area contributed by atoms with Crippen molar-refractivity contribution in [3.63, 3.8) is 0 Å². The van der Waals surface area contributed by atoms with E-state index in [4.69, 9.17) is 0 Å². The Morgan fingerprint density at radius 1 is 0.750 bits per heavy atom. The standard InChI is InChI=1S/C18H30N2/c1-2-4-19-5-6-20(13-17(19)3-1)18-10-14-7-15(11-18)9-16(8-14)12-18/h14-17H,1-13H2. The minimum atomic E-state index is 0.665. The lowest BCUT2D eigenvalue weighted by atomic mass is 9.52. The molecule has 4 bridgehead atoms. The number of nitrogens with zero attached hydrogens (tertiary/aromatic N) is 2. The third-order valence-corrected chi connectivity index (χ3v) is 7.51. The molecule has 0 amide bonds. The molecule has 0 spiro atoms. The van der Waals surface area contributed by atoms with Gasteiger partial charge in [0.05, 0.1) is 0 Å². The van der Waals surface area contributed by atoms with Gasteiger partial charge in [-0.05, 0) is 75.7 Å². The van der Waals surface area contributed by atoms with Crippen molar-refractivity contribution in [2.45, 2.75) is 69.4 Å². The Morgan fingerprint density at radius 3 is 2.15 bits per heavy atom. The van der Waals surface area contributed by atoms with E-state index >= 15 is 0 Å². The van der Waals surface area contributed by atoms with Crippen molar-refractivity contribution in [2.75, 3.05) is 26.2 Å². The number of piperidine rings is 1. The molecule has 2 saturated heterocycles. The Balaban J connectivity index is 1.37. The smallest absolute Gasteiger partial charge is 0.0223 e. The molecule has 20 heavy (non-hydrogen) atoms. The van der Waals surface area contributed by atoms with Gasteiger partial charge < -0.3 is 0 Å². The first-order chi connectivity index (χ1) is 9.81. The number of hydrogen-bond donors (Lipinski definition) is 0. The monoisotopic (exact) mass is 274 g/mol. The van der Waals surface area contributed by atoms with Crippen LogP contribution in [-0.2, 0) is 0 Å². The molecule has 6 fully saturated rings. The summed E-state index contributed by atoms with van der Waals surface area (Å²) >= 11 is 0. The lowest BCUT2D eigenvalue weighted by Gasteiger charge is -2.62. The topological polar surface area (TPSA) is 6.48 Å². The van der Waals surface area contributed by atoms with E-state index in [-0.39, 0.29) is 0 Å². The van der Waals surface area contributed by atoms with E-state index in [1.807, 2.05) is 0 Å². The molecule has 0 aromatic carbocycles. The van der Waals surface area contributed by atoms with Crippen LogP contribution >= 0.6 is 0 Å². The highest BCUT2D eigenvalue weighted by molar-refractivity contribution is 5.08. The van der Waals surface area contributed by atoms with Crippen molar-refractivity contribution in [1.29, 1.82) is 0 Å². The van der Waals surface area contributed by atoms with Crippen LogP contribution in [0.1, 0.15) is 57.8 Å². The first-order valence-electron chi connectivity index (χ1n) is 9.30. The quantitative estimate of drug-likeness (QED) is 0.725. The highest BCUT2D eigenvalue weighted by atomic mass is 15.3. The molecule has 2 heterocycles. The third-order valence-electron chi connectivity index (χ3n) is 7.51. The van der Waals surface area contributed by atoms with Gasteiger partial charge in [0.25, 0.3) is 0 Å². The lowest BCUT2D eigenvalue weighted by Crippen LogP contribution is -2.66. The van der Waals surface area contributed by atoms with Crippen molar-refractivity contribution in [3.8, 4) is 0 Å². The van der Waals surface area contributed by atoms with Gasteiger partial charge in [0, 0.05) is 31.2 Å². The average molecular weight is 274 g/mol. The van der Waals surface area contributed by atoms with Gasteiger partial charge in [-0.3, -0.25) is 9.80 Å². The van der Waals surface area contributed by atoms with Crippen molar-refractivity contribution in [3.05, 3.63) is 0 Å². The molecule has 0 aromatic heterocycles. The molecule has 6 aliphatic rings. The molecule has 4 aliphatic carbocycles. The molecule has 2 heteroatoms. The molecule has 0 N–H and O–H groups in total. The Bertz CT molecular complexity index is 356. The maximum Gasteiger partial charge on any atom is 0.0223 e. The van der Waals surface area contributed by atoms with Crippen LogP contribution in [0.5, 0.6) is 0 Å². The maximum absolute atomic E-state index is 3.00. The molecule has 1 unspecified atom stereocenters. The molecule has 6 rings (SSSR count). The van der Waals surface area contributed by atoms with E-state index in [1.54, 1.807) is 38.5 Å².